The predicted octanol–water partition coefficient (Wildman–Crippen LogP) is 5.16. The van der Waals surface area contributed by atoms with E-state index < -0.39 is 0 Å². The Balaban J connectivity index is 1.34. The van der Waals surface area contributed by atoms with Gasteiger partial charge >= 0.3 is 0 Å². The van der Waals surface area contributed by atoms with Crippen LogP contribution < -0.4 is 9.80 Å². The highest BCUT2D eigenvalue weighted by molar-refractivity contribution is 7.21. The maximum Gasteiger partial charge on any atom is 0.229 e. The molecule has 4 aromatic rings. The summed E-state index contributed by atoms with van der Waals surface area (Å²) in [6.45, 7) is 2.72. The second kappa shape index (κ2) is 8.12. The lowest BCUT2D eigenvalue weighted by atomic mass is 10.1. The summed E-state index contributed by atoms with van der Waals surface area (Å²) >= 11 is 1.67. The Hall–Kier alpha value is -3.25. The van der Waals surface area contributed by atoms with E-state index >= 15 is 0 Å². The molecule has 1 unspecified atom stereocenters. The van der Waals surface area contributed by atoms with Gasteiger partial charge in [-0.3, -0.25) is 4.79 Å². The zero-order chi connectivity index (χ0) is 21.4. The zero-order valence-electron chi connectivity index (χ0n) is 17.7. The Morgan fingerprint density at radius 3 is 2.74 bits per heavy atom. The van der Waals surface area contributed by atoms with Crippen LogP contribution in [0.5, 0.6) is 0 Å². The molecule has 1 aliphatic rings. The first-order chi connectivity index (χ1) is 15.1. The molecular formula is C25H24N4OS. The highest BCUT2D eigenvalue weighted by Gasteiger charge is 2.30. The third-order valence-corrected chi connectivity index (χ3v) is 6.96. The molecule has 0 radical (unpaired) electrons. The number of aromatic nitrogens is 2. The molecule has 0 N–H and O–H groups in total. The minimum absolute atomic E-state index is 0.157. The van der Waals surface area contributed by atoms with E-state index in [4.69, 9.17) is 0 Å². The Bertz CT molecular complexity index is 1240. The smallest absolute Gasteiger partial charge is 0.229 e. The molecule has 6 heteroatoms. The molecule has 3 heterocycles. The van der Waals surface area contributed by atoms with Gasteiger partial charge in [-0.05, 0) is 36.6 Å². The van der Waals surface area contributed by atoms with E-state index in [0.29, 0.717) is 13.0 Å². The van der Waals surface area contributed by atoms with Gasteiger partial charge in [0, 0.05) is 36.6 Å². The van der Waals surface area contributed by atoms with Gasteiger partial charge < -0.3 is 9.80 Å². The number of amides is 1. The fourth-order valence-electron chi connectivity index (χ4n) is 4.33. The lowest BCUT2D eigenvalue weighted by Crippen LogP contribution is -2.37. The van der Waals surface area contributed by atoms with Crippen molar-refractivity contribution in [3.8, 4) is 10.4 Å². The van der Waals surface area contributed by atoms with Crippen LogP contribution in [-0.2, 0) is 11.2 Å². The van der Waals surface area contributed by atoms with Crippen molar-refractivity contribution in [2.75, 3.05) is 23.4 Å². The molecule has 5 rings (SSSR count). The van der Waals surface area contributed by atoms with Crippen molar-refractivity contribution in [2.24, 2.45) is 0 Å². The van der Waals surface area contributed by atoms with Gasteiger partial charge in [0.15, 0.2) is 0 Å². The molecule has 0 saturated heterocycles. The van der Waals surface area contributed by atoms with Crippen molar-refractivity contribution >= 4 is 39.0 Å². The van der Waals surface area contributed by atoms with Crippen molar-refractivity contribution in [2.45, 2.75) is 25.8 Å². The number of nitrogens with zero attached hydrogens (tertiary/aromatic N) is 4. The molecule has 31 heavy (non-hydrogen) atoms. The minimum atomic E-state index is 0.157. The van der Waals surface area contributed by atoms with Crippen LogP contribution in [0.1, 0.15) is 18.9 Å². The minimum Gasteiger partial charge on any atom is -0.359 e. The summed E-state index contributed by atoms with van der Waals surface area (Å²) in [6.07, 6.45) is 2.97. The zero-order valence-corrected chi connectivity index (χ0v) is 18.5. The van der Waals surface area contributed by atoms with Crippen LogP contribution in [0.15, 0.2) is 67.0 Å². The van der Waals surface area contributed by atoms with Crippen LogP contribution in [0.2, 0.25) is 0 Å². The first-order valence-corrected chi connectivity index (χ1v) is 11.3. The summed E-state index contributed by atoms with van der Waals surface area (Å²) in [5, 5.41) is 1.03. The highest BCUT2D eigenvalue weighted by atomic mass is 32.1. The maximum atomic E-state index is 13.1. The summed E-state index contributed by atoms with van der Waals surface area (Å²) in [7, 11) is 2.00. The molecule has 0 saturated carbocycles. The van der Waals surface area contributed by atoms with Gasteiger partial charge in [0.1, 0.15) is 17.0 Å². The number of fused-ring (bicyclic) bond motifs is 2. The van der Waals surface area contributed by atoms with Gasteiger partial charge in [-0.2, -0.15) is 0 Å². The summed E-state index contributed by atoms with van der Waals surface area (Å²) < 4.78 is 0. The quantitative estimate of drug-likeness (QED) is 0.440. The van der Waals surface area contributed by atoms with E-state index in [0.717, 1.165) is 28.1 Å². The van der Waals surface area contributed by atoms with Crippen LogP contribution in [0.3, 0.4) is 0 Å². The van der Waals surface area contributed by atoms with Gasteiger partial charge in [-0.25, -0.2) is 9.97 Å². The third-order valence-electron chi connectivity index (χ3n) is 5.87. The summed E-state index contributed by atoms with van der Waals surface area (Å²) in [5.41, 5.74) is 3.48. The largest absolute Gasteiger partial charge is 0.359 e. The van der Waals surface area contributed by atoms with E-state index in [1.165, 1.54) is 16.0 Å². The lowest BCUT2D eigenvalue weighted by molar-refractivity contribution is -0.118. The molecule has 0 aliphatic carbocycles. The van der Waals surface area contributed by atoms with E-state index in [9.17, 15) is 4.79 Å². The van der Waals surface area contributed by atoms with Crippen molar-refractivity contribution < 1.29 is 4.79 Å². The summed E-state index contributed by atoms with van der Waals surface area (Å²) in [6, 6.07) is 20.9. The van der Waals surface area contributed by atoms with E-state index in [1.54, 1.807) is 17.7 Å². The average molecular weight is 429 g/mol. The second-order valence-corrected chi connectivity index (χ2v) is 9.04. The average Bonchev–Trinajstić information content (AvgIpc) is 3.38. The number of para-hydroxylation sites is 1. The van der Waals surface area contributed by atoms with Crippen molar-refractivity contribution in [3.05, 3.63) is 72.6 Å². The first-order valence-electron chi connectivity index (χ1n) is 10.5. The Kier molecular flexibility index (Phi) is 5.16. The molecule has 156 valence electrons. The maximum absolute atomic E-state index is 13.1. The lowest BCUT2D eigenvalue weighted by Gasteiger charge is -2.25. The molecular weight excluding hydrogens is 404 g/mol. The van der Waals surface area contributed by atoms with Crippen molar-refractivity contribution in [1.29, 1.82) is 0 Å². The third kappa shape index (κ3) is 3.68. The fourth-order valence-corrected chi connectivity index (χ4v) is 5.33. The number of rotatable bonds is 5. The van der Waals surface area contributed by atoms with E-state index in [1.807, 2.05) is 48.3 Å². The van der Waals surface area contributed by atoms with Gasteiger partial charge in [0.25, 0.3) is 0 Å². The van der Waals surface area contributed by atoms with Gasteiger partial charge in [0.05, 0.1) is 5.39 Å². The predicted molar refractivity (Wildman–Crippen MR) is 128 cm³/mol. The van der Waals surface area contributed by atoms with Crippen LogP contribution in [0, 0.1) is 0 Å². The molecule has 1 aliphatic heterocycles. The number of hydrogen-bond donors (Lipinski definition) is 0. The number of carbonyl (C=O) groups is 1. The van der Waals surface area contributed by atoms with E-state index in [-0.39, 0.29) is 11.9 Å². The normalized spacial score (nSPS) is 15.3. The molecule has 5 nitrogen and oxygen atoms in total. The molecule has 1 atom stereocenters. The summed E-state index contributed by atoms with van der Waals surface area (Å²) in [4.78, 5) is 28.2. The molecule has 0 fully saturated rings. The van der Waals surface area contributed by atoms with E-state index in [2.05, 4.69) is 46.1 Å². The van der Waals surface area contributed by atoms with Crippen molar-refractivity contribution in [1.82, 2.24) is 9.97 Å². The molecule has 2 aromatic heterocycles. The monoisotopic (exact) mass is 428 g/mol. The Labute approximate surface area is 186 Å². The topological polar surface area (TPSA) is 49.3 Å². The molecule has 0 bridgehead atoms. The van der Waals surface area contributed by atoms with Crippen LogP contribution >= 0.6 is 11.3 Å². The summed E-state index contributed by atoms with van der Waals surface area (Å²) in [5.74, 6) is 1.02. The van der Waals surface area contributed by atoms with Crippen LogP contribution in [0.25, 0.3) is 20.7 Å². The fraction of sp³-hybridized carbons (Fsp3) is 0.240. The van der Waals surface area contributed by atoms with Gasteiger partial charge in [0.2, 0.25) is 5.91 Å². The number of carbonyl (C=O) groups excluding carboxylic acids is 1. The number of anilines is 2. The SMILES string of the molecule is CC1Cc2ccccc2N1C(=O)CCN(C)c1ncnc2sc(-c3ccccc3)cc12. The van der Waals surface area contributed by atoms with Crippen LogP contribution in [-0.4, -0.2) is 35.5 Å². The Morgan fingerprint density at radius 1 is 1.13 bits per heavy atom. The first kappa shape index (κ1) is 19.7. The number of benzene rings is 2. The second-order valence-electron chi connectivity index (χ2n) is 8.01. The number of thiophene rings is 1. The Morgan fingerprint density at radius 2 is 1.90 bits per heavy atom. The van der Waals surface area contributed by atoms with Crippen LogP contribution in [0.4, 0.5) is 11.5 Å². The standard InChI is InChI=1S/C25H24N4OS/c1-17-14-19-10-6-7-11-21(19)29(17)23(30)12-13-28(2)24-20-15-22(18-8-4-3-5-9-18)31-25(20)27-16-26-24/h3-11,15-17H,12-14H2,1-2H3. The molecule has 0 spiro atoms. The number of hydrogen-bond acceptors (Lipinski definition) is 5. The molecule has 2 aromatic carbocycles. The van der Waals surface area contributed by atoms with Gasteiger partial charge in [-0.1, -0.05) is 48.5 Å². The van der Waals surface area contributed by atoms with Crippen molar-refractivity contribution in [3.63, 3.8) is 0 Å². The highest BCUT2D eigenvalue weighted by Crippen LogP contribution is 2.36. The van der Waals surface area contributed by atoms with Gasteiger partial charge in [-0.15, -0.1) is 11.3 Å². The molecule has 1 amide bonds.